The molecule has 0 amide bonds. The van der Waals surface area contributed by atoms with Gasteiger partial charge in [-0.1, -0.05) is 6.07 Å². The zero-order chi connectivity index (χ0) is 12.3. The molecule has 0 radical (unpaired) electrons. The Morgan fingerprint density at radius 1 is 1.53 bits per heavy atom. The molecule has 0 fully saturated rings. The predicted molar refractivity (Wildman–Crippen MR) is 69.7 cm³/mol. The van der Waals surface area contributed by atoms with E-state index >= 15 is 0 Å². The number of anilines is 2. The largest absolute Gasteiger partial charge is 0.396 e. The number of nitrogens with zero attached hydrogens (tertiary/aromatic N) is 2. The molecule has 0 saturated carbocycles. The van der Waals surface area contributed by atoms with Crippen molar-refractivity contribution in [3.8, 4) is 6.07 Å². The number of nitrogens with one attached hydrogen (secondary N) is 1. The van der Waals surface area contributed by atoms with Crippen molar-refractivity contribution < 1.29 is 0 Å². The van der Waals surface area contributed by atoms with Gasteiger partial charge in [0.1, 0.15) is 6.07 Å². The van der Waals surface area contributed by atoms with Crippen LogP contribution in [0.4, 0.5) is 11.4 Å². The zero-order valence-corrected chi connectivity index (χ0v) is 10.2. The summed E-state index contributed by atoms with van der Waals surface area (Å²) in [7, 11) is 0. The second-order valence-electron chi connectivity index (χ2n) is 3.59. The van der Waals surface area contributed by atoms with Crippen LogP contribution in [0, 0.1) is 18.3 Å². The molecule has 0 atom stereocenters. The van der Waals surface area contributed by atoms with Crippen molar-refractivity contribution in [2.45, 2.75) is 13.5 Å². The maximum absolute atomic E-state index is 8.87. The van der Waals surface area contributed by atoms with Crippen molar-refractivity contribution in [3.05, 3.63) is 39.8 Å². The van der Waals surface area contributed by atoms with E-state index in [4.69, 9.17) is 11.0 Å². The third-order valence-corrected chi connectivity index (χ3v) is 3.45. The Balaban J connectivity index is 2.15. The van der Waals surface area contributed by atoms with Gasteiger partial charge in [-0.05, 0) is 19.1 Å². The fourth-order valence-corrected chi connectivity index (χ4v) is 2.21. The van der Waals surface area contributed by atoms with E-state index < -0.39 is 0 Å². The number of thiazole rings is 1. The third-order valence-electron chi connectivity index (χ3n) is 2.51. The summed E-state index contributed by atoms with van der Waals surface area (Å²) in [4.78, 5) is 5.35. The van der Waals surface area contributed by atoms with Crippen LogP contribution in [0.5, 0.6) is 0 Å². The summed E-state index contributed by atoms with van der Waals surface area (Å²) in [6, 6.07) is 7.46. The Kier molecular flexibility index (Phi) is 3.26. The van der Waals surface area contributed by atoms with E-state index in [0.29, 0.717) is 17.8 Å². The van der Waals surface area contributed by atoms with Gasteiger partial charge in [0, 0.05) is 4.88 Å². The minimum Gasteiger partial charge on any atom is -0.396 e. The van der Waals surface area contributed by atoms with Crippen molar-refractivity contribution in [2.24, 2.45) is 0 Å². The quantitative estimate of drug-likeness (QED) is 0.813. The zero-order valence-electron chi connectivity index (χ0n) is 9.40. The van der Waals surface area contributed by atoms with Crippen LogP contribution in [0.25, 0.3) is 0 Å². The van der Waals surface area contributed by atoms with Crippen molar-refractivity contribution in [3.63, 3.8) is 0 Å². The second kappa shape index (κ2) is 4.85. The molecule has 0 unspecified atom stereocenters. The first-order chi connectivity index (χ1) is 8.22. The monoisotopic (exact) mass is 244 g/mol. The highest BCUT2D eigenvalue weighted by Gasteiger charge is 2.05. The van der Waals surface area contributed by atoms with Gasteiger partial charge >= 0.3 is 0 Å². The number of rotatable bonds is 3. The predicted octanol–water partition coefficient (Wildman–Crippen LogP) is 2.52. The van der Waals surface area contributed by atoms with Gasteiger partial charge in [0.05, 0.1) is 34.7 Å². The lowest BCUT2D eigenvalue weighted by atomic mass is 10.1. The molecule has 0 aliphatic carbocycles. The lowest BCUT2D eigenvalue weighted by Gasteiger charge is -2.09. The van der Waals surface area contributed by atoms with Crippen molar-refractivity contribution >= 4 is 22.7 Å². The molecule has 0 aliphatic heterocycles. The van der Waals surface area contributed by atoms with E-state index in [-0.39, 0.29) is 0 Å². The van der Waals surface area contributed by atoms with E-state index in [2.05, 4.69) is 16.4 Å². The van der Waals surface area contributed by atoms with E-state index in [0.717, 1.165) is 11.4 Å². The van der Waals surface area contributed by atoms with Crippen molar-refractivity contribution in [1.29, 1.82) is 5.26 Å². The van der Waals surface area contributed by atoms with Crippen LogP contribution in [0.15, 0.2) is 23.7 Å². The highest BCUT2D eigenvalue weighted by molar-refractivity contribution is 7.09. The minimum atomic E-state index is 0.496. The lowest BCUT2D eigenvalue weighted by molar-refractivity contribution is 1.12. The van der Waals surface area contributed by atoms with E-state index in [1.54, 1.807) is 17.4 Å². The van der Waals surface area contributed by atoms with Crippen LogP contribution in [0.1, 0.15) is 16.1 Å². The van der Waals surface area contributed by atoms with Gasteiger partial charge in [-0.2, -0.15) is 5.26 Å². The maximum atomic E-state index is 8.87. The van der Waals surface area contributed by atoms with Crippen LogP contribution in [0.3, 0.4) is 0 Å². The lowest BCUT2D eigenvalue weighted by Crippen LogP contribution is -2.03. The molecule has 17 heavy (non-hydrogen) atoms. The summed E-state index contributed by atoms with van der Waals surface area (Å²) < 4.78 is 0. The Hall–Kier alpha value is -2.06. The molecule has 0 spiro atoms. The van der Waals surface area contributed by atoms with Gasteiger partial charge in [-0.25, -0.2) is 4.98 Å². The molecule has 0 saturated heterocycles. The SMILES string of the molecule is Cc1ncsc1CNc1cccc(C#N)c1N. The Morgan fingerprint density at radius 3 is 3.00 bits per heavy atom. The third kappa shape index (κ3) is 2.37. The summed E-state index contributed by atoms with van der Waals surface area (Å²) in [5.41, 5.74) is 10.5. The molecule has 0 bridgehead atoms. The fourth-order valence-electron chi connectivity index (χ4n) is 1.49. The van der Waals surface area contributed by atoms with Crippen molar-refractivity contribution in [2.75, 3.05) is 11.1 Å². The number of nitrogen functional groups attached to an aromatic ring is 1. The van der Waals surface area contributed by atoms with Crippen LogP contribution < -0.4 is 11.1 Å². The first-order valence-corrected chi connectivity index (χ1v) is 6.01. The van der Waals surface area contributed by atoms with Crippen LogP contribution >= 0.6 is 11.3 Å². The number of nitrogens with two attached hydrogens (primary N) is 1. The molecule has 2 aromatic rings. The van der Waals surface area contributed by atoms with Gasteiger partial charge in [0.15, 0.2) is 0 Å². The molecule has 86 valence electrons. The second-order valence-corrected chi connectivity index (χ2v) is 4.53. The standard InChI is InChI=1S/C12H12N4S/c1-8-11(17-7-16-8)6-15-10-4-2-3-9(5-13)12(10)14/h2-4,7,15H,6,14H2,1H3. The number of para-hydroxylation sites is 1. The Labute approximate surface area is 104 Å². The van der Waals surface area contributed by atoms with Gasteiger partial charge < -0.3 is 11.1 Å². The fraction of sp³-hybridized carbons (Fsp3) is 0.167. The van der Waals surface area contributed by atoms with E-state index in [9.17, 15) is 0 Å². The number of hydrogen-bond donors (Lipinski definition) is 2. The van der Waals surface area contributed by atoms with E-state index in [1.807, 2.05) is 24.6 Å². The number of nitriles is 1. The highest BCUT2D eigenvalue weighted by atomic mass is 32.1. The normalized spacial score (nSPS) is 9.88. The molecule has 1 aromatic heterocycles. The van der Waals surface area contributed by atoms with Crippen molar-refractivity contribution in [1.82, 2.24) is 4.98 Å². The number of aromatic nitrogens is 1. The Bertz CT molecular complexity index is 568. The summed E-state index contributed by atoms with van der Waals surface area (Å²) in [6.45, 7) is 2.65. The first-order valence-electron chi connectivity index (χ1n) is 5.14. The van der Waals surface area contributed by atoms with Gasteiger partial charge in [-0.15, -0.1) is 11.3 Å². The molecule has 3 N–H and O–H groups in total. The topological polar surface area (TPSA) is 74.7 Å². The molecule has 2 rings (SSSR count). The summed E-state index contributed by atoms with van der Waals surface area (Å²) in [5.74, 6) is 0. The number of hydrogen-bond acceptors (Lipinski definition) is 5. The Morgan fingerprint density at radius 2 is 2.35 bits per heavy atom. The average molecular weight is 244 g/mol. The first kappa shape index (κ1) is 11.4. The minimum absolute atomic E-state index is 0.496. The molecule has 1 aromatic carbocycles. The van der Waals surface area contributed by atoms with Gasteiger partial charge in [0.2, 0.25) is 0 Å². The molecule has 4 nitrogen and oxygen atoms in total. The van der Waals surface area contributed by atoms with Crippen LogP contribution in [-0.4, -0.2) is 4.98 Å². The van der Waals surface area contributed by atoms with E-state index in [1.165, 1.54) is 4.88 Å². The molecule has 1 heterocycles. The van der Waals surface area contributed by atoms with Crippen LogP contribution in [0.2, 0.25) is 0 Å². The van der Waals surface area contributed by atoms with Gasteiger partial charge in [-0.3, -0.25) is 0 Å². The number of aryl methyl sites for hydroxylation is 1. The summed E-state index contributed by atoms with van der Waals surface area (Å²) in [5, 5.41) is 12.1. The molecule has 0 aliphatic rings. The smallest absolute Gasteiger partial charge is 0.101 e. The highest BCUT2D eigenvalue weighted by Crippen LogP contribution is 2.23. The molecular weight excluding hydrogens is 232 g/mol. The molecule has 5 heteroatoms. The summed E-state index contributed by atoms with van der Waals surface area (Å²) >= 11 is 1.61. The molecular formula is C12H12N4S. The number of benzene rings is 1. The van der Waals surface area contributed by atoms with Crippen LogP contribution in [-0.2, 0) is 6.54 Å². The summed E-state index contributed by atoms with van der Waals surface area (Å²) in [6.07, 6.45) is 0. The average Bonchev–Trinajstić information content (AvgIpc) is 2.74. The maximum Gasteiger partial charge on any atom is 0.101 e. The van der Waals surface area contributed by atoms with Gasteiger partial charge in [0.25, 0.3) is 0 Å².